The van der Waals surface area contributed by atoms with Crippen LogP contribution in [-0.2, 0) is 16.4 Å². The van der Waals surface area contributed by atoms with Gasteiger partial charge in [-0.1, -0.05) is 17.7 Å². The van der Waals surface area contributed by atoms with E-state index in [1.165, 1.54) is 0 Å². The third-order valence-electron chi connectivity index (χ3n) is 2.94. The fraction of sp³-hybridized carbons (Fsp3) is 0.357. The molecule has 0 aliphatic rings. The number of rotatable bonds is 5. The van der Waals surface area contributed by atoms with Crippen molar-refractivity contribution in [3.8, 4) is 0 Å². The van der Waals surface area contributed by atoms with Crippen molar-refractivity contribution < 1.29 is 8.42 Å². The highest BCUT2D eigenvalue weighted by Crippen LogP contribution is 2.13. The molecular formula is C14H18N2O2S. The Morgan fingerprint density at radius 2 is 1.79 bits per heavy atom. The van der Waals surface area contributed by atoms with Crippen LogP contribution in [0.25, 0.3) is 0 Å². The summed E-state index contributed by atoms with van der Waals surface area (Å²) < 4.78 is 26.0. The van der Waals surface area contributed by atoms with Crippen LogP contribution in [-0.4, -0.2) is 24.0 Å². The van der Waals surface area contributed by atoms with Gasteiger partial charge in [0, 0.05) is 12.7 Å². The molecule has 1 aromatic carbocycles. The van der Waals surface area contributed by atoms with Crippen molar-refractivity contribution in [2.75, 3.05) is 5.75 Å². The first kappa shape index (κ1) is 13.8. The lowest BCUT2D eigenvalue weighted by Gasteiger charge is -2.05. The summed E-state index contributed by atoms with van der Waals surface area (Å²) in [6.45, 7) is 4.53. The lowest BCUT2D eigenvalue weighted by Crippen LogP contribution is -2.10. The molecule has 0 fully saturated rings. The van der Waals surface area contributed by atoms with Gasteiger partial charge < -0.3 is 0 Å². The molecule has 0 bridgehead atoms. The molecule has 0 unspecified atom stereocenters. The van der Waals surface area contributed by atoms with Crippen LogP contribution in [0.1, 0.15) is 17.5 Å². The maximum absolute atomic E-state index is 12.1. The Morgan fingerprint density at radius 3 is 2.37 bits per heavy atom. The zero-order chi connectivity index (χ0) is 13.9. The molecule has 0 saturated heterocycles. The molecule has 102 valence electrons. The zero-order valence-electron chi connectivity index (χ0n) is 11.2. The fourth-order valence-corrected chi connectivity index (χ4v) is 3.16. The second-order valence-corrected chi connectivity index (χ2v) is 6.88. The third-order valence-corrected chi connectivity index (χ3v) is 4.76. The van der Waals surface area contributed by atoms with Crippen LogP contribution in [0.4, 0.5) is 0 Å². The molecule has 19 heavy (non-hydrogen) atoms. The summed E-state index contributed by atoms with van der Waals surface area (Å²) in [4.78, 5) is 0.398. The Bertz CT molecular complexity index is 642. The van der Waals surface area contributed by atoms with Gasteiger partial charge in [0.1, 0.15) is 0 Å². The molecule has 4 nitrogen and oxygen atoms in total. The van der Waals surface area contributed by atoms with Crippen LogP contribution in [0, 0.1) is 13.8 Å². The lowest BCUT2D eigenvalue weighted by molar-refractivity contribution is 0.572. The minimum Gasteiger partial charge on any atom is -0.272 e. The van der Waals surface area contributed by atoms with E-state index < -0.39 is 9.84 Å². The summed E-state index contributed by atoms with van der Waals surface area (Å²) in [6, 6.07) is 6.99. The lowest BCUT2D eigenvalue weighted by atomic mass is 10.2. The van der Waals surface area contributed by atoms with E-state index in [1.807, 2.05) is 32.2 Å². The Morgan fingerprint density at radius 1 is 1.11 bits per heavy atom. The number of aromatic nitrogens is 2. The van der Waals surface area contributed by atoms with E-state index in [4.69, 9.17) is 0 Å². The predicted molar refractivity (Wildman–Crippen MR) is 74.8 cm³/mol. The van der Waals surface area contributed by atoms with Crippen molar-refractivity contribution in [3.63, 3.8) is 0 Å². The molecule has 0 spiro atoms. The van der Waals surface area contributed by atoms with Gasteiger partial charge in [-0.25, -0.2) is 8.42 Å². The first-order chi connectivity index (χ1) is 8.97. The van der Waals surface area contributed by atoms with Crippen LogP contribution in [0.15, 0.2) is 41.6 Å². The maximum Gasteiger partial charge on any atom is 0.178 e. The first-order valence-corrected chi connectivity index (χ1v) is 7.91. The van der Waals surface area contributed by atoms with Gasteiger partial charge in [-0.2, -0.15) is 5.10 Å². The third kappa shape index (κ3) is 3.67. The van der Waals surface area contributed by atoms with Gasteiger partial charge in [0.2, 0.25) is 0 Å². The van der Waals surface area contributed by atoms with E-state index in [0.29, 0.717) is 17.9 Å². The van der Waals surface area contributed by atoms with E-state index in [9.17, 15) is 8.42 Å². The van der Waals surface area contributed by atoms with E-state index in [1.54, 1.807) is 23.0 Å². The topological polar surface area (TPSA) is 52.0 Å². The molecule has 0 aliphatic carbocycles. The highest BCUT2D eigenvalue weighted by molar-refractivity contribution is 7.91. The van der Waals surface area contributed by atoms with Crippen molar-refractivity contribution in [2.24, 2.45) is 0 Å². The van der Waals surface area contributed by atoms with Crippen molar-refractivity contribution in [2.45, 2.75) is 31.7 Å². The number of hydrogen-bond acceptors (Lipinski definition) is 3. The number of sulfone groups is 1. The predicted octanol–water partition coefficient (Wildman–Crippen LogP) is 2.36. The van der Waals surface area contributed by atoms with Gasteiger partial charge in [0.25, 0.3) is 0 Å². The van der Waals surface area contributed by atoms with Crippen LogP contribution >= 0.6 is 0 Å². The van der Waals surface area contributed by atoms with Gasteiger partial charge in [0.05, 0.1) is 16.8 Å². The Labute approximate surface area is 114 Å². The molecule has 1 aromatic heterocycles. The molecule has 0 aliphatic heterocycles. The molecule has 0 radical (unpaired) electrons. The second kappa shape index (κ2) is 5.57. The molecule has 0 amide bonds. The van der Waals surface area contributed by atoms with Crippen molar-refractivity contribution in [1.29, 1.82) is 0 Å². The monoisotopic (exact) mass is 278 g/mol. The number of nitrogens with zero attached hydrogens (tertiary/aromatic N) is 2. The largest absolute Gasteiger partial charge is 0.272 e. The number of benzene rings is 1. The molecule has 5 heteroatoms. The minimum atomic E-state index is -3.18. The van der Waals surface area contributed by atoms with Crippen LogP contribution in [0.5, 0.6) is 0 Å². The molecule has 0 N–H and O–H groups in total. The van der Waals surface area contributed by atoms with Crippen molar-refractivity contribution in [1.82, 2.24) is 9.78 Å². The summed E-state index contributed by atoms with van der Waals surface area (Å²) in [5.41, 5.74) is 2.15. The second-order valence-electron chi connectivity index (χ2n) is 4.77. The molecule has 2 aromatic rings. The average Bonchev–Trinajstić information content (AvgIpc) is 2.75. The SMILES string of the molecule is Cc1ccc(S(=O)(=O)CCCn2cc(C)cn2)cc1. The number of aryl methyl sites for hydroxylation is 3. The molecule has 2 rings (SSSR count). The van der Waals surface area contributed by atoms with Gasteiger partial charge >= 0.3 is 0 Å². The maximum atomic E-state index is 12.1. The quantitative estimate of drug-likeness (QED) is 0.843. The smallest absolute Gasteiger partial charge is 0.178 e. The highest BCUT2D eigenvalue weighted by Gasteiger charge is 2.13. The summed E-state index contributed by atoms with van der Waals surface area (Å²) in [6.07, 6.45) is 4.25. The van der Waals surface area contributed by atoms with Gasteiger partial charge in [-0.3, -0.25) is 4.68 Å². The van der Waals surface area contributed by atoms with E-state index >= 15 is 0 Å². The van der Waals surface area contributed by atoms with Crippen molar-refractivity contribution in [3.05, 3.63) is 47.8 Å². The van der Waals surface area contributed by atoms with E-state index in [2.05, 4.69) is 5.10 Å². The Hall–Kier alpha value is -1.62. The summed E-state index contributed by atoms with van der Waals surface area (Å²) in [7, 11) is -3.18. The van der Waals surface area contributed by atoms with Crippen LogP contribution < -0.4 is 0 Å². The summed E-state index contributed by atoms with van der Waals surface area (Å²) >= 11 is 0. The molecule has 0 atom stereocenters. The van der Waals surface area contributed by atoms with Crippen molar-refractivity contribution >= 4 is 9.84 Å². The standard InChI is InChI=1S/C14H18N2O2S/c1-12-4-6-14(7-5-12)19(17,18)9-3-8-16-11-13(2)10-15-16/h4-7,10-11H,3,8-9H2,1-2H3. The normalized spacial score (nSPS) is 11.7. The van der Waals surface area contributed by atoms with E-state index in [0.717, 1.165) is 11.1 Å². The molecule has 0 saturated carbocycles. The van der Waals surface area contributed by atoms with Gasteiger partial charge in [-0.05, 0) is 38.0 Å². The van der Waals surface area contributed by atoms with Gasteiger partial charge in [0.15, 0.2) is 9.84 Å². The average molecular weight is 278 g/mol. The zero-order valence-corrected chi connectivity index (χ0v) is 12.0. The number of hydrogen-bond donors (Lipinski definition) is 0. The Balaban J connectivity index is 1.96. The summed E-state index contributed by atoms with van der Waals surface area (Å²) in [5, 5.41) is 4.14. The first-order valence-electron chi connectivity index (χ1n) is 6.26. The fourth-order valence-electron chi connectivity index (χ4n) is 1.87. The van der Waals surface area contributed by atoms with E-state index in [-0.39, 0.29) is 5.75 Å². The molecular weight excluding hydrogens is 260 g/mol. The minimum absolute atomic E-state index is 0.148. The van der Waals surface area contributed by atoms with Crippen LogP contribution in [0.2, 0.25) is 0 Å². The molecule has 1 heterocycles. The van der Waals surface area contributed by atoms with Gasteiger partial charge in [-0.15, -0.1) is 0 Å². The highest BCUT2D eigenvalue weighted by atomic mass is 32.2. The van der Waals surface area contributed by atoms with Crippen LogP contribution in [0.3, 0.4) is 0 Å². The summed E-state index contributed by atoms with van der Waals surface area (Å²) in [5.74, 6) is 0.148. The Kier molecular flexibility index (Phi) is 4.04.